The number of carbonyl (C=O) groups excluding carboxylic acids is 1. The molecule has 0 saturated heterocycles. The second-order valence-electron chi connectivity index (χ2n) is 14.1. The molecule has 286 valence electrons. The Hall–Kier alpha value is -5.10. The molecule has 1 aliphatic rings. The number of ether oxygens (including phenoxy) is 3. The monoisotopic (exact) mass is 783 g/mol. The second-order valence-corrected chi connectivity index (χ2v) is 14.8. The molecule has 4 heterocycles. The van der Waals surface area contributed by atoms with Crippen molar-refractivity contribution < 1.29 is 28.9 Å². The first kappa shape index (κ1) is 38.2. The van der Waals surface area contributed by atoms with Gasteiger partial charge in [0.15, 0.2) is 0 Å². The molecule has 55 heavy (non-hydrogen) atoms. The highest BCUT2D eigenvalue weighted by Crippen LogP contribution is 2.46. The van der Waals surface area contributed by atoms with E-state index in [9.17, 15) is 9.90 Å². The first-order valence-electron chi connectivity index (χ1n) is 18.2. The lowest BCUT2D eigenvalue weighted by atomic mass is 9.97. The lowest BCUT2D eigenvalue weighted by molar-refractivity contribution is 0.0683. The van der Waals surface area contributed by atoms with E-state index < -0.39 is 5.97 Å². The van der Waals surface area contributed by atoms with Gasteiger partial charge in [-0.25, -0.2) is 14.8 Å². The fourth-order valence-electron chi connectivity index (χ4n) is 8.08. The maximum atomic E-state index is 15.3. The Bertz CT molecular complexity index is 2460. The number of carboxylic acids is 1. The Balaban J connectivity index is 1.41. The topological polar surface area (TPSA) is 121 Å². The molecule has 0 saturated carbocycles. The van der Waals surface area contributed by atoms with E-state index in [-0.39, 0.29) is 30.8 Å². The standard InChI is InChI=1S/C42H43Cl2N5O6/c1-22-17-27(18-23(2)37(22)44)55-15-8-9-28-29-10-11-31(43)36(35-25(4)45-21-46-26(35)5)39(29)49-24(3)20-48(41(50)40(28)49)32-12-13-34(54-7)30-19-33(42(51)52)47(38(30)32)14-16-53-6/h10-13,17-19,21,24H,8-9,14-16,20H2,1-7H3,(H,51,52). The van der Waals surface area contributed by atoms with Crippen molar-refractivity contribution in [3.8, 4) is 22.6 Å². The summed E-state index contributed by atoms with van der Waals surface area (Å²) in [5.74, 6) is -0.0568. The first-order chi connectivity index (χ1) is 26.4. The molecule has 1 atom stereocenters. The fraction of sp³-hybridized carbons (Fsp3) is 0.333. The van der Waals surface area contributed by atoms with Crippen LogP contribution in [0.2, 0.25) is 10.0 Å². The van der Waals surface area contributed by atoms with Crippen LogP contribution in [-0.4, -0.2) is 70.1 Å². The van der Waals surface area contributed by atoms with Gasteiger partial charge in [-0.3, -0.25) is 4.79 Å². The number of hydrogen-bond acceptors (Lipinski definition) is 7. The number of rotatable bonds is 12. The van der Waals surface area contributed by atoms with Crippen LogP contribution in [0.4, 0.5) is 5.69 Å². The number of carbonyl (C=O) groups is 2. The summed E-state index contributed by atoms with van der Waals surface area (Å²) in [6.45, 7) is 11.1. The zero-order chi connectivity index (χ0) is 39.3. The van der Waals surface area contributed by atoms with Gasteiger partial charge in [0.1, 0.15) is 29.2 Å². The van der Waals surface area contributed by atoms with Crippen LogP contribution in [0.25, 0.3) is 32.9 Å². The summed E-state index contributed by atoms with van der Waals surface area (Å²) in [5.41, 5.74) is 8.57. The van der Waals surface area contributed by atoms with Gasteiger partial charge < -0.3 is 33.4 Å². The maximum Gasteiger partial charge on any atom is 0.352 e. The molecule has 7 rings (SSSR count). The Kier molecular flexibility index (Phi) is 10.6. The number of carboxylic acid groups (broad SMARTS) is 1. The summed E-state index contributed by atoms with van der Waals surface area (Å²) in [6.07, 6.45) is 2.70. The van der Waals surface area contributed by atoms with E-state index in [0.717, 1.165) is 60.9 Å². The van der Waals surface area contributed by atoms with Crippen molar-refractivity contribution in [2.24, 2.45) is 0 Å². The molecule has 0 aliphatic carbocycles. The number of amides is 1. The highest BCUT2D eigenvalue weighted by atomic mass is 35.5. The van der Waals surface area contributed by atoms with Crippen molar-refractivity contribution in [3.05, 3.63) is 98.3 Å². The molecule has 1 N–H and O–H groups in total. The van der Waals surface area contributed by atoms with Crippen molar-refractivity contribution in [1.82, 2.24) is 19.1 Å². The van der Waals surface area contributed by atoms with E-state index in [4.69, 9.17) is 37.4 Å². The average molecular weight is 785 g/mol. The molecular weight excluding hydrogens is 741 g/mol. The number of anilines is 1. The minimum atomic E-state index is -1.09. The number of methoxy groups -OCH3 is 2. The molecule has 0 spiro atoms. The number of hydrogen-bond donors (Lipinski definition) is 1. The Morgan fingerprint density at radius 2 is 1.64 bits per heavy atom. The molecule has 3 aromatic carbocycles. The molecule has 13 heteroatoms. The summed E-state index contributed by atoms with van der Waals surface area (Å²) < 4.78 is 21.1. The third kappa shape index (κ3) is 6.58. The van der Waals surface area contributed by atoms with Crippen molar-refractivity contribution in [1.29, 1.82) is 0 Å². The van der Waals surface area contributed by atoms with Gasteiger partial charge in [0.05, 0.1) is 42.1 Å². The quantitative estimate of drug-likeness (QED) is 0.122. The number of benzene rings is 3. The average Bonchev–Trinajstić information content (AvgIpc) is 3.70. The number of aromatic nitrogens is 4. The Morgan fingerprint density at radius 3 is 2.29 bits per heavy atom. The predicted octanol–water partition coefficient (Wildman–Crippen LogP) is 9.18. The zero-order valence-electron chi connectivity index (χ0n) is 31.9. The van der Waals surface area contributed by atoms with Crippen LogP contribution >= 0.6 is 23.2 Å². The summed E-state index contributed by atoms with van der Waals surface area (Å²) in [6, 6.07) is 12.7. The number of fused-ring (bicyclic) bond motifs is 4. The summed E-state index contributed by atoms with van der Waals surface area (Å²) in [5, 5.41) is 13.0. The second kappa shape index (κ2) is 15.2. The molecule has 1 aliphatic heterocycles. The maximum absolute atomic E-state index is 15.3. The minimum Gasteiger partial charge on any atom is -0.496 e. The molecule has 3 aromatic heterocycles. The number of halogens is 2. The highest BCUT2D eigenvalue weighted by Gasteiger charge is 2.38. The van der Waals surface area contributed by atoms with Gasteiger partial charge in [-0.2, -0.15) is 0 Å². The predicted molar refractivity (Wildman–Crippen MR) is 216 cm³/mol. The highest BCUT2D eigenvalue weighted by molar-refractivity contribution is 6.35. The van der Waals surface area contributed by atoms with E-state index in [1.165, 1.54) is 0 Å². The Morgan fingerprint density at radius 1 is 0.927 bits per heavy atom. The molecule has 6 aromatic rings. The van der Waals surface area contributed by atoms with Gasteiger partial charge in [0.25, 0.3) is 5.91 Å². The minimum absolute atomic E-state index is 0.0753. The van der Waals surface area contributed by atoms with Crippen LogP contribution in [0.15, 0.2) is 48.8 Å². The molecular formula is C42H43Cl2N5O6. The lowest BCUT2D eigenvalue weighted by Crippen LogP contribution is -2.43. The Labute approximate surface area is 329 Å². The normalized spacial score (nSPS) is 14.2. The van der Waals surface area contributed by atoms with Gasteiger partial charge in [0, 0.05) is 64.6 Å². The largest absolute Gasteiger partial charge is 0.496 e. The van der Waals surface area contributed by atoms with Crippen LogP contribution in [0, 0.1) is 27.7 Å². The first-order valence-corrected chi connectivity index (χ1v) is 18.9. The van der Waals surface area contributed by atoms with Crippen LogP contribution < -0.4 is 14.4 Å². The smallest absolute Gasteiger partial charge is 0.352 e. The number of aryl methyl sites for hydroxylation is 5. The fourth-order valence-corrected chi connectivity index (χ4v) is 8.44. The third-order valence-electron chi connectivity index (χ3n) is 10.5. The van der Waals surface area contributed by atoms with E-state index in [1.54, 1.807) is 42.1 Å². The molecule has 1 unspecified atom stereocenters. The van der Waals surface area contributed by atoms with E-state index in [1.807, 2.05) is 58.0 Å². The van der Waals surface area contributed by atoms with E-state index in [0.29, 0.717) is 59.0 Å². The van der Waals surface area contributed by atoms with Gasteiger partial charge in [0.2, 0.25) is 0 Å². The third-order valence-corrected chi connectivity index (χ3v) is 11.4. The van der Waals surface area contributed by atoms with Gasteiger partial charge in [-0.1, -0.05) is 29.3 Å². The summed E-state index contributed by atoms with van der Waals surface area (Å²) in [7, 11) is 3.11. The lowest BCUT2D eigenvalue weighted by Gasteiger charge is -2.35. The zero-order valence-corrected chi connectivity index (χ0v) is 33.4. The molecule has 0 radical (unpaired) electrons. The summed E-state index contributed by atoms with van der Waals surface area (Å²) in [4.78, 5) is 38.6. The molecule has 11 nitrogen and oxygen atoms in total. The van der Waals surface area contributed by atoms with Crippen LogP contribution in [0.1, 0.15) is 68.4 Å². The van der Waals surface area contributed by atoms with Crippen molar-refractivity contribution in [2.75, 3.05) is 38.9 Å². The number of aromatic carboxylic acids is 1. The van der Waals surface area contributed by atoms with E-state index >= 15 is 4.79 Å². The summed E-state index contributed by atoms with van der Waals surface area (Å²) >= 11 is 13.5. The molecule has 0 bridgehead atoms. The van der Waals surface area contributed by atoms with Crippen LogP contribution in [0.3, 0.4) is 0 Å². The van der Waals surface area contributed by atoms with Gasteiger partial charge in [-0.15, -0.1) is 0 Å². The van der Waals surface area contributed by atoms with Crippen molar-refractivity contribution in [2.45, 2.75) is 60.0 Å². The van der Waals surface area contributed by atoms with Gasteiger partial charge >= 0.3 is 5.97 Å². The van der Waals surface area contributed by atoms with Crippen molar-refractivity contribution >= 4 is 62.6 Å². The van der Waals surface area contributed by atoms with Crippen LogP contribution in [-0.2, 0) is 17.7 Å². The molecule has 0 fully saturated rings. The van der Waals surface area contributed by atoms with Crippen LogP contribution in [0.5, 0.6) is 11.5 Å². The van der Waals surface area contributed by atoms with Gasteiger partial charge in [-0.05, 0) is 101 Å². The SMILES string of the molecule is COCCn1c(C(=O)O)cc2c(OC)ccc(N3CC(C)n4c(c(CCCOc5cc(C)c(Cl)c(C)c5)c5ccc(Cl)c(-c6c(C)ncnc6C)c54)C3=O)c21. The molecule has 1 amide bonds. The van der Waals surface area contributed by atoms with E-state index in [2.05, 4.69) is 21.5 Å². The van der Waals surface area contributed by atoms with Crippen molar-refractivity contribution in [3.63, 3.8) is 0 Å². The number of nitrogens with zero attached hydrogens (tertiary/aromatic N) is 5.